The minimum Gasteiger partial charge on any atom is -0.482 e. The summed E-state index contributed by atoms with van der Waals surface area (Å²) >= 11 is 11.7. The van der Waals surface area contributed by atoms with Crippen LogP contribution in [0.5, 0.6) is 5.75 Å². The first kappa shape index (κ1) is 19.1. The van der Waals surface area contributed by atoms with Crippen molar-refractivity contribution in [3.63, 3.8) is 0 Å². The number of rotatable bonds is 7. The van der Waals surface area contributed by atoms with E-state index < -0.39 is 5.91 Å². The molecule has 0 radical (unpaired) electrons. The fraction of sp³-hybridized carbons (Fsp3) is 0.222. The highest BCUT2D eigenvalue weighted by Gasteiger charge is 2.09. The fourth-order valence-corrected chi connectivity index (χ4v) is 2.57. The first-order valence-electron chi connectivity index (χ1n) is 7.72. The number of amides is 2. The minimum absolute atomic E-state index is 0.144. The molecule has 132 valence electrons. The monoisotopic (exact) mass is 380 g/mol. The average Bonchev–Trinajstić information content (AvgIpc) is 2.59. The minimum atomic E-state index is -0.426. The molecule has 0 aliphatic rings. The van der Waals surface area contributed by atoms with Crippen LogP contribution >= 0.6 is 23.2 Å². The Hall–Kier alpha value is -2.24. The number of benzene rings is 2. The third-order valence-corrected chi connectivity index (χ3v) is 3.90. The molecule has 0 aliphatic carbocycles. The first-order valence-corrected chi connectivity index (χ1v) is 8.47. The van der Waals surface area contributed by atoms with Gasteiger partial charge in [-0.15, -0.1) is 0 Å². The van der Waals surface area contributed by atoms with Crippen molar-refractivity contribution in [2.24, 2.45) is 0 Å². The molecule has 0 saturated heterocycles. The molecule has 0 fully saturated rings. The van der Waals surface area contributed by atoms with Gasteiger partial charge < -0.3 is 15.4 Å². The van der Waals surface area contributed by atoms with Crippen LogP contribution in [0.15, 0.2) is 42.5 Å². The lowest BCUT2D eigenvalue weighted by Gasteiger charge is -2.11. The van der Waals surface area contributed by atoms with E-state index in [1.54, 1.807) is 12.1 Å². The molecule has 0 spiro atoms. The Morgan fingerprint density at radius 1 is 1.08 bits per heavy atom. The number of halogens is 2. The maximum Gasteiger partial charge on any atom is 0.258 e. The van der Waals surface area contributed by atoms with Crippen LogP contribution < -0.4 is 15.4 Å². The van der Waals surface area contributed by atoms with Crippen LogP contribution in [-0.2, 0) is 16.0 Å². The quantitative estimate of drug-likeness (QED) is 0.769. The SMILES string of the molecule is CCc1ccccc1NC(=O)CNC(=O)COc1ccc(Cl)cc1Cl. The Kier molecular flexibility index (Phi) is 7.10. The fourth-order valence-electron chi connectivity index (χ4n) is 2.11. The van der Waals surface area contributed by atoms with E-state index in [0.717, 1.165) is 17.7 Å². The summed E-state index contributed by atoms with van der Waals surface area (Å²) in [6.45, 7) is 1.61. The molecule has 0 unspecified atom stereocenters. The molecule has 2 rings (SSSR count). The molecule has 0 heterocycles. The summed E-state index contributed by atoms with van der Waals surface area (Å²) < 4.78 is 5.31. The molecule has 0 aliphatic heterocycles. The van der Waals surface area contributed by atoms with Crippen molar-refractivity contribution < 1.29 is 14.3 Å². The smallest absolute Gasteiger partial charge is 0.258 e. The van der Waals surface area contributed by atoms with Gasteiger partial charge in [-0.25, -0.2) is 0 Å². The van der Waals surface area contributed by atoms with Gasteiger partial charge in [-0.05, 0) is 36.2 Å². The number of hydrogen-bond donors (Lipinski definition) is 2. The van der Waals surface area contributed by atoms with Gasteiger partial charge in [-0.3, -0.25) is 9.59 Å². The largest absolute Gasteiger partial charge is 0.482 e. The van der Waals surface area contributed by atoms with Gasteiger partial charge in [0.15, 0.2) is 6.61 Å². The number of carbonyl (C=O) groups is 2. The van der Waals surface area contributed by atoms with E-state index in [0.29, 0.717) is 15.8 Å². The summed E-state index contributed by atoms with van der Waals surface area (Å²) in [6, 6.07) is 12.2. The van der Waals surface area contributed by atoms with Crippen molar-refractivity contribution in [3.8, 4) is 5.75 Å². The Morgan fingerprint density at radius 3 is 2.56 bits per heavy atom. The van der Waals surface area contributed by atoms with Gasteiger partial charge >= 0.3 is 0 Å². The molecule has 0 bridgehead atoms. The lowest BCUT2D eigenvalue weighted by Crippen LogP contribution is -2.35. The van der Waals surface area contributed by atoms with E-state index in [-0.39, 0.29) is 19.1 Å². The number of anilines is 1. The predicted molar refractivity (Wildman–Crippen MR) is 99.4 cm³/mol. The molecule has 0 aromatic heterocycles. The summed E-state index contributed by atoms with van der Waals surface area (Å²) in [4.78, 5) is 23.7. The average molecular weight is 381 g/mol. The van der Waals surface area contributed by atoms with Crippen LogP contribution in [0.3, 0.4) is 0 Å². The molecule has 0 saturated carbocycles. The van der Waals surface area contributed by atoms with E-state index >= 15 is 0 Å². The zero-order valence-electron chi connectivity index (χ0n) is 13.6. The summed E-state index contributed by atoms with van der Waals surface area (Å²) in [5, 5.41) is 6.06. The van der Waals surface area contributed by atoms with Gasteiger partial charge in [0.25, 0.3) is 5.91 Å². The maximum absolute atomic E-state index is 11.9. The van der Waals surface area contributed by atoms with Gasteiger partial charge in [-0.1, -0.05) is 48.3 Å². The molecule has 5 nitrogen and oxygen atoms in total. The van der Waals surface area contributed by atoms with Crippen molar-refractivity contribution in [1.29, 1.82) is 0 Å². The normalized spacial score (nSPS) is 10.2. The van der Waals surface area contributed by atoms with E-state index in [1.165, 1.54) is 6.07 Å². The third-order valence-electron chi connectivity index (χ3n) is 3.37. The van der Waals surface area contributed by atoms with Crippen LogP contribution in [-0.4, -0.2) is 25.0 Å². The van der Waals surface area contributed by atoms with E-state index in [4.69, 9.17) is 27.9 Å². The second-order valence-electron chi connectivity index (χ2n) is 5.20. The summed E-state index contributed by atoms with van der Waals surface area (Å²) in [7, 11) is 0. The molecule has 2 N–H and O–H groups in total. The molecular formula is C18H18Cl2N2O3. The van der Waals surface area contributed by atoms with E-state index in [1.807, 2.05) is 31.2 Å². The van der Waals surface area contributed by atoms with Crippen LogP contribution in [0.1, 0.15) is 12.5 Å². The van der Waals surface area contributed by atoms with E-state index in [2.05, 4.69) is 10.6 Å². The van der Waals surface area contributed by atoms with Crippen LogP contribution in [0.25, 0.3) is 0 Å². The third kappa shape index (κ3) is 5.96. The van der Waals surface area contributed by atoms with Crippen LogP contribution in [0, 0.1) is 0 Å². The second-order valence-corrected chi connectivity index (χ2v) is 6.04. The van der Waals surface area contributed by atoms with Gasteiger partial charge in [0, 0.05) is 10.7 Å². The van der Waals surface area contributed by atoms with Crippen molar-refractivity contribution in [2.75, 3.05) is 18.5 Å². The highest BCUT2D eigenvalue weighted by atomic mass is 35.5. The standard InChI is InChI=1S/C18H18Cl2N2O3/c1-2-12-5-3-4-6-15(12)22-17(23)10-21-18(24)11-25-16-8-7-13(19)9-14(16)20/h3-9H,2,10-11H2,1H3,(H,21,24)(H,22,23). The Bertz CT molecular complexity index is 766. The van der Waals surface area contributed by atoms with Gasteiger partial charge in [0.2, 0.25) is 5.91 Å². The molecule has 7 heteroatoms. The van der Waals surface area contributed by atoms with Crippen molar-refractivity contribution in [1.82, 2.24) is 5.32 Å². The molecule has 25 heavy (non-hydrogen) atoms. The lowest BCUT2D eigenvalue weighted by atomic mass is 10.1. The number of aryl methyl sites for hydroxylation is 1. The van der Waals surface area contributed by atoms with Gasteiger partial charge in [-0.2, -0.15) is 0 Å². The number of ether oxygens (including phenoxy) is 1. The summed E-state index contributed by atoms with van der Waals surface area (Å²) in [6.07, 6.45) is 0.804. The Morgan fingerprint density at radius 2 is 1.84 bits per heavy atom. The van der Waals surface area contributed by atoms with Crippen molar-refractivity contribution >= 4 is 40.7 Å². The highest BCUT2D eigenvalue weighted by molar-refractivity contribution is 6.35. The summed E-state index contributed by atoms with van der Waals surface area (Å²) in [5.74, 6) is -0.383. The number of para-hydroxylation sites is 1. The zero-order valence-corrected chi connectivity index (χ0v) is 15.2. The van der Waals surface area contributed by atoms with Crippen molar-refractivity contribution in [2.45, 2.75) is 13.3 Å². The Balaban J connectivity index is 1.78. The lowest BCUT2D eigenvalue weighted by molar-refractivity contribution is -0.125. The molecule has 2 amide bonds. The number of nitrogens with one attached hydrogen (secondary N) is 2. The maximum atomic E-state index is 11.9. The predicted octanol–water partition coefficient (Wildman–Crippen LogP) is 3.69. The molecule has 0 atom stereocenters. The molecular weight excluding hydrogens is 363 g/mol. The Labute approximate surface area is 156 Å². The first-order chi connectivity index (χ1) is 12.0. The summed E-state index contributed by atoms with van der Waals surface area (Å²) in [5.41, 5.74) is 1.77. The van der Waals surface area contributed by atoms with Crippen molar-refractivity contribution in [3.05, 3.63) is 58.1 Å². The zero-order chi connectivity index (χ0) is 18.2. The van der Waals surface area contributed by atoms with Crippen LogP contribution in [0.4, 0.5) is 5.69 Å². The van der Waals surface area contributed by atoms with Gasteiger partial charge in [0.1, 0.15) is 5.75 Å². The van der Waals surface area contributed by atoms with E-state index in [9.17, 15) is 9.59 Å². The van der Waals surface area contributed by atoms with Gasteiger partial charge in [0.05, 0.1) is 11.6 Å². The highest BCUT2D eigenvalue weighted by Crippen LogP contribution is 2.27. The molecule has 2 aromatic rings. The number of hydrogen-bond acceptors (Lipinski definition) is 3. The van der Waals surface area contributed by atoms with Crippen LogP contribution in [0.2, 0.25) is 10.0 Å². The second kappa shape index (κ2) is 9.30. The molecule has 2 aromatic carbocycles. The topological polar surface area (TPSA) is 67.4 Å². The number of carbonyl (C=O) groups excluding carboxylic acids is 2.